The van der Waals surface area contributed by atoms with Gasteiger partial charge in [-0.3, -0.25) is 0 Å². The molecule has 0 N–H and O–H groups in total. The Kier molecular flexibility index (Phi) is 4.67. The van der Waals surface area contributed by atoms with Crippen molar-refractivity contribution >= 4 is 28.9 Å². The van der Waals surface area contributed by atoms with E-state index in [4.69, 9.17) is 9.47 Å². The molecule has 0 fully saturated rings. The molecule has 25 heavy (non-hydrogen) atoms. The molecule has 0 aromatic heterocycles. The molecule has 0 radical (unpaired) electrons. The van der Waals surface area contributed by atoms with Crippen LogP contribution in [0.1, 0.15) is 25.5 Å². The van der Waals surface area contributed by atoms with Gasteiger partial charge in [-0.15, -0.1) is 0 Å². The van der Waals surface area contributed by atoms with E-state index in [2.05, 4.69) is 4.99 Å². The Bertz CT molecular complexity index is 827. The fourth-order valence-corrected chi connectivity index (χ4v) is 4.10. The first-order valence-corrected chi connectivity index (χ1v) is 8.50. The maximum Gasteiger partial charge on any atom is 0.346 e. The molecule has 0 amide bonds. The lowest BCUT2D eigenvalue weighted by atomic mass is 9.94. The van der Waals surface area contributed by atoms with Crippen LogP contribution in [0.15, 0.2) is 57.2 Å². The van der Waals surface area contributed by atoms with Crippen LogP contribution in [0.3, 0.4) is 0 Å². The first-order chi connectivity index (χ1) is 12.0. The summed E-state index contributed by atoms with van der Waals surface area (Å²) in [5.41, 5.74) is 2.67. The Morgan fingerprint density at radius 1 is 1.08 bits per heavy atom. The standard InChI is InChI=1S/C18H18N2O4S/c1-10-13(16(21)23-3)14(12-8-6-5-7-9-12)20-11(2)15(17(22)24-4)25-18(20)19-10/h5-9,14H,1-4H3/t14-/m1/s1. The Balaban J connectivity index is 2.18. The highest BCUT2D eigenvalue weighted by Gasteiger charge is 2.43. The molecule has 6 nitrogen and oxygen atoms in total. The molecule has 0 unspecified atom stereocenters. The monoisotopic (exact) mass is 358 g/mol. The first-order valence-electron chi connectivity index (χ1n) is 7.68. The lowest BCUT2D eigenvalue weighted by Crippen LogP contribution is -2.35. The molecular weight excluding hydrogens is 340 g/mol. The van der Waals surface area contributed by atoms with Crippen molar-refractivity contribution in [1.82, 2.24) is 4.90 Å². The highest BCUT2D eigenvalue weighted by atomic mass is 32.2. The van der Waals surface area contributed by atoms with E-state index in [0.717, 1.165) is 5.56 Å². The minimum atomic E-state index is -0.432. The molecule has 1 atom stereocenters. The minimum absolute atomic E-state index is 0.407. The zero-order valence-electron chi connectivity index (χ0n) is 14.4. The fourth-order valence-electron chi connectivity index (χ4n) is 2.98. The Labute approximate surface area is 150 Å². The third kappa shape index (κ3) is 2.84. The van der Waals surface area contributed by atoms with Crippen LogP contribution >= 0.6 is 11.8 Å². The van der Waals surface area contributed by atoms with Crippen molar-refractivity contribution in [3.63, 3.8) is 0 Å². The lowest BCUT2D eigenvalue weighted by Gasteiger charge is -2.35. The van der Waals surface area contributed by atoms with Crippen LogP contribution in [0, 0.1) is 0 Å². The summed E-state index contributed by atoms with van der Waals surface area (Å²) < 4.78 is 9.85. The number of hydrogen-bond donors (Lipinski definition) is 0. The van der Waals surface area contributed by atoms with Crippen molar-refractivity contribution in [2.24, 2.45) is 4.99 Å². The molecule has 2 aliphatic rings. The van der Waals surface area contributed by atoms with Gasteiger partial charge in [-0.25, -0.2) is 14.6 Å². The van der Waals surface area contributed by atoms with E-state index in [1.54, 1.807) is 6.92 Å². The molecule has 1 aromatic carbocycles. The van der Waals surface area contributed by atoms with Crippen LogP contribution in [0.5, 0.6) is 0 Å². The average Bonchev–Trinajstić information content (AvgIpc) is 2.96. The van der Waals surface area contributed by atoms with Gasteiger partial charge in [-0.2, -0.15) is 0 Å². The number of nitrogens with zero attached hydrogens (tertiary/aromatic N) is 2. The summed E-state index contributed by atoms with van der Waals surface area (Å²) in [5.74, 6) is -0.845. The molecule has 0 spiro atoms. The molecule has 0 saturated heterocycles. The number of rotatable bonds is 3. The second-order valence-electron chi connectivity index (χ2n) is 5.58. The third-order valence-electron chi connectivity index (χ3n) is 4.17. The summed E-state index contributed by atoms with van der Waals surface area (Å²) >= 11 is 1.25. The lowest BCUT2D eigenvalue weighted by molar-refractivity contribution is -0.137. The number of fused-ring (bicyclic) bond motifs is 1. The van der Waals surface area contributed by atoms with Crippen molar-refractivity contribution in [2.75, 3.05) is 14.2 Å². The second-order valence-corrected chi connectivity index (χ2v) is 6.55. The maximum atomic E-state index is 12.4. The summed E-state index contributed by atoms with van der Waals surface area (Å²) in [4.78, 5) is 31.4. The van der Waals surface area contributed by atoms with E-state index in [9.17, 15) is 9.59 Å². The van der Waals surface area contributed by atoms with Crippen molar-refractivity contribution < 1.29 is 19.1 Å². The largest absolute Gasteiger partial charge is 0.466 e. The minimum Gasteiger partial charge on any atom is -0.466 e. The van der Waals surface area contributed by atoms with Gasteiger partial charge in [-0.1, -0.05) is 30.3 Å². The fraction of sp³-hybridized carbons (Fsp3) is 0.278. The number of hydrogen-bond acceptors (Lipinski definition) is 7. The van der Waals surface area contributed by atoms with Crippen molar-refractivity contribution in [3.05, 3.63) is 57.8 Å². The van der Waals surface area contributed by atoms with Crippen LogP contribution in [0.4, 0.5) is 0 Å². The van der Waals surface area contributed by atoms with Crippen LogP contribution < -0.4 is 0 Å². The van der Waals surface area contributed by atoms with E-state index in [1.807, 2.05) is 42.2 Å². The molecule has 1 aromatic rings. The predicted molar refractivity (Wildman–Crippen MR) is 95.5 cm³/mol. The topological polar surface area (TPSA) is 68.2 Å². The van der Waals surface area contributed by atoms with Crippen LogP contribution in [-0.4, -0.2) is 36.2 Å². The summed E-state index contributed by atoms with van der Waals surface area (Å²) in [6, 6.07) is 9.21. The van der Waals surface area contributed by atoms with Gasteiger partial charge >= 0.3 is 11.9 Å². The SMILES string of the molecule is COC(=O)C1=C(C)N2C(=NC(C)=C(C(=O)OC)[C@H]2c2ccccc2)S1. The Morgan fingerprint density at radius 3 is 2.32 bits per heavy atom. The number of amidine groups is 1. The number of allylic oxidation sites excluding steroid dienone is 2. The summed E-state index contributed by atoms with van der Waals surface area (Å²) in [5, 5.41) is 0.650. The molecule has 3 rings (SSSR count). The van der Waals surface area contributed by atoms with Gasteiger partial charge in [0, 0.05) is 5.70 Å². The van der Waals surface area contributed by atoms with Crippen molar-refractivity contribution in [3.8, 4) is 0 Å². The Morgan fingerprint density at radius 2 is 1.72 bits per heavy atom. The van der Waals surface area contributed by atoms with E-state index in [-0.39, 0.29) is 0 Å². The zero-order chi connectivity index (χ0) is 18.1. The number of esters is 2. The van der Waals surface area contributed by atoms with Gasteiger partial charge in [0.25, 0.3) is 0 Å². The summed E-state index contributed by atoms with van der Waals surface area (Å²) in [6.45, 7) is 3.60. The number of benzene rings is 1. The summed E-state index contributed by atoms with van der Waals surface area (Å²) in [6.07, 6.45) is 0. The number of methoxy groups -OCH3 is 2. The molecule has 0 aliphatic carbocycles. The first kappa shape index (κ1) is 17.3. The highest BCUT2D eigenvalue weighted by Crippen LogP contribution is 2.46. The molecule has 0 saturated carbocycles. The number of thioether (sulfide) groups is 1. The van der Waals surface area contributed by atoms with Gasteiger partial charge in [0.05, 0.1) is 31.5 Å². The normalized spacial score (nSPS) is 19.6. The molecule has 2 aliphatic heterocycles. The van der Waals surface area contributed by atoms with E-state index in [1.165, 1.54) is 26.0 Å². The van der Waals surface area contributed by atoms with E-state index < -0.39 is 18.0 Å². The molecular formula is C18H18N2O4S. The van der Waals surface area contributed by atoms with Crippen LogP contribution in [-0.2, 0) is 19.1 Å². The van der Waals surface area contributed by atoms with Crippen molar-refractivity contribution in [1.29, 1.82) is 0 Å². The maximum absolute atomic E-state index is 12.4. The van der Waals surface area contributed by atoms with Gasteiger partial charge < -0.3 is 14.4 Å². The number of carbonyl (C=O) groups excluding carboxylic acids is 2. The quantitative estimate of drug-likeness (QED) is 0.774. The summed E-state index contributed by atoms with van der Waals surface area (Å²) in [7, 11) is 2.70. The number of ether oxygens (including phenoxy) is 2. The van der Waals surface area contributed by atoms with Crippen molar-refractivity contribution in [2.45, 2.75) is 19.9 Å². The highest BCUT2D eigenvalue weighted by molar-refractivity contribution is 8.18. The van der Waals surface area contributed by atoms with E-state index in [0.29, 0.717) is 27.0 Å². The third-order valence-corrected chi connectivity index (χ3v) is 5.30. The van der Waals surface area contributed by atoms with E-state index >= 15 is 0 Å². The molecule has 7 heteroatoms. The predicted octanol–water partition coefficient (Wildman–Crippen LogP) is 3.00. The smallest absolute Gasteiger partial charge is 0.346 e. The van der Waals surface area contributed by atoms with Crippen LogP contribution in [0.2, 0.25) is 0 Å². The second kappa shape index (κ2) is 6.76. The van der Waals surface area contributed by atoms with Gasteiger partial charge in [-0.05, 0) is 31.2 Å². The van der Waals surface area contributed by atoms with Crippen LogP contribution in [0.25, 0.3) is 0 Å². The molecule has 0 bridgehead atoms. The van der Waals surface area contributed by atoms with Gasteiger partial charge in [0.1, 0.15) is 4.91 Å². The average molecular weight is 358 g/mol. The molecule has 130 valence electrons. The number of aliphatic imine (C=N–C) groups is 1. The molecule has 2 heterocycles. The van der Waals surface area contributed by atoms with Gasteiger partial charge in [0.2, 0.25) is 0 Å². The number of carbonyl (C=O) groups is 2. The Hall–Kier alpha value is -2.54. The zero-order valence-corrected chi connectivity index (χ0v) is 15.2. The van der Waals surface area contributed by atoms with Gasteiger partial charge in [0.15, 0.2) is 5.17 Å².